The smallest absolute Gasteiger partial charge is 0.252 e. The van der Waals surface area contributed by atoms with Gasteiger partial charge in [-0.25, -0.2) is 4.68 Å². The van der Waals surface area contributed by atoms with Crippen LogP contribution in [0, 0.1) is 20.8 Å². The van der Waals surface area contributed by atoms with E-state index in [1.807, 2.05) is 80.7 Å². The molecule has 9 heteroatoms. The van der Waals surface area contributed by atoms with Crippen molar-refractivity contribution in [1.29, 1.82) is 0 Å². The van der Waals surface area contributed by atoms with Gasteiger partial charge in [-0.2, -0.15) is 5.10 Å². The molecule has 8 nitrogen and oxygen atoms in total. The first-order valence-corrected chi connectivity index (χ1v) is 13.1. The molecule has 192 valence electrons. The summed E-state index contributed by atoms with van der Waals surface area (Å²) in [6.45, 7) is 5.92. The lowest BCUT2D eigenvalue weighted by Gasteiger charge is -2.12. The van der Waals surface area contributed by atoms with Gasteiger partial charge in [0.1, 0.15) is 10.6 Å². The van der Waals surface area contributed by atoms with Gasteiger partial charge >= 0.3 is 0 Å². The monoisotopic (exact) mass is 525 g/mol. The first kappa shape index (κ1) is 25.2. The number of pyridine rings is 1. The van der Waals surface area contributed by atoms with Crippen molar-refractivity contribution in [2.45, 2.75) is 33.7 Å². The predicted molar refractivity (Wildman–Crippen MR) is 151 cm³/mol. The Hall–Kier alpha value is -4.50. The summed E-state index contributed by atoms with van der Waals surface area (Å²) in [6, 6.07) is 18.9. The number of anilines is 1. The predicted octanol–water partition coefficient (Wildman–Crippen LogP) is 4.97. The van der Waals surface area contributed by atoms with Gasteiger partial charge in [0.2, 0.25) is 5.91 Å². The molecule has 3 aromatic heterocycles. The molecule has 5 rings (SSSR count). The Morgan fingerprint density at radius 1 is 1.03 bits per heavy atom. The fraction of sp³-hybridized carbons (Fsp3) is 0.172. The second kappa shape index (κ2) is 10.1. The summed E-state index contributed by atoms with van der Waals surface area (Å²) in [5, 5.41) is 10.6. The average Bonchev–Trinajstić information content (AvgIpc) is 3.46. The van der Waals surface area contributed by atoms with E-state index in [9.17, 15) is 14.4 Å². The van der Waals surface area contributed by atoms with Crippen molar-refractivity contribution in [3.63, 3.8) is 0 Å². The van der Waals surface area contributed by atoms with Crippen LogP contribution in [0.4, 0.5) is 5.00 Å². The zero-order valence-corrected chi connectivity index (χ0v) is 22.1. The fourth-order valence-electron chi connectivity index (χ4n) is 4.67. The number of aromatic nitrogens is 3. The number of hydrogen-bond donors (Lipinski definition) is 2. The van der Waals surface area contributed by atoms with E-state index < -0.39 is 5.91 Å². The molecule has 0 atom stereocenters. The molecule has 0 aliphatic carbocycles. The molecule has 0 unspecified atom stereocenters. The van der Waals surface area contributed by atoms with E-state index >= 15 is 0 Å². The number of hydrogen-bond acceptors (Lipinski definition) is 5. The van der Waals surface area contributed by atoms with Crippen LogP contribution in [0.15, 0.2) is 70.8 Å². The third kappa shape index (κ3) is 4.64. The Balaban J connectivity index is 1.44. The largest absolute Gasteiger partial charge is 0.365 e. The number of nitrogens with two attached hydrogens (primary N) is 1. The SMILES string of the molecule is Cc1ccc(-c2csc(NC(=O)CCn3c(=O)cc(C)c4c(C)nn(-c5ccccc5)c43)c2C(N)=O)cc1. The van der Waals surface area contributed by atoms with Crippen molar-refractivity contribution in [2.75, 3.05) is 5.32 Å². The highest BCUT2D eigenvalue weighted by atomic mass is 32.1. The van der Waals surface area contributed by atoms with E-state index in [-0.39, 0.29) is 30.0 Å². The van der Waals surface area contributed by atoms with E-state index in [0.29, 0.717) is 16.2 Å². The lowest BCUT2D eigenvalue weighted by atomic mass is 10.0. The third-order valence-electron chi connectivity index (χ3n) is 6.51. The van der Waals surface area contributed by atoms with Gasteiger partial charge < -0.3 is 11.1 Å². The molecule has 2 aromatic carbocycles. The van der Waals surface area contributed by atoms with Crippen LogP contribution in [-0.2, 0) is 11.3 Å². The Bertz CT molecular complexity index is 1730. The maximum absolute atomic E-state index is 13.1. The van der Waals surface area contributed by atoms with Crippen molar-refractivity contribution in [1.82, 2.24) is 14.3 Å². The highest BCUT2D eigenvalue weighted by Gasteiger charge is 2.21. The number of aryl methyl sites for hydroxylation is 4. The Labute approximate surface area is 223 Å². The van der Waals surface area contributed by atoms with E-state index in [1.165, 1.54) is 11.3 Å². The van der Waals surface area contributed by atoms with Gasteiger partial charge in [-0.1, -0.05) is 48.0 Å². The molecule has 0 radical (unpaired) electrons. The van der Waals surface area contributed by atoms with E-state index in [4.69, 9.17) is 10.8 Å². The van der Waals surface area contributed by atoms with Crippen molar-refractivity contribution in [3.05, 3.63) is 98.8 Å². The molecule has 5 aromatic rings. The number of amides is 2. The molecule has 0 aliphatic heterocycles. The van der Waals surface area contributed by atoms with Gasteiger partial charge in [0.25, 0.3) is 11.5 Å². The van der Waals surface area contributed by atoms with E-state index in [0.717, 1.165) is 33.5 Å². The third-order valence-corrected chi connectivity index (χ3v) is 7.40. The van der Waals surface area contributed by atoms with E-state index in [1.54, 1.807) is 15.3 Å². The summed E-state index contributed by atoms with van der Waals surface area (Å²) in [5.74, 6) is -0.941. The van der Waals surface area contributed by atoms with Gasteiger partial charge in [-0.15, -0.1) is 11.3 Å². The number of rotatable bonds is 7. The summed E-state index contributed by atoms with van der Waals surface area (Å²) in [7, 11) is 0. The second-order valence-electron chi connectivity index (χ2n) is 9.23. The van der Waals surface area contributed by atoms with Crippen LogP contribution in [0.3, 0.4) is 0 Å². The summed E-state index contributed by atoms with van der Waals surface area (Å²) < 4.78 is 3.32. The van der Waals surface area contributed by atoms with Crippen LogP contribution < -0.4 is 16.6 Å². The molecule has 3 N–H and O–H groups in total. The van der Waals surface area contributed by atoms with Crippen LogP contribution in [0.25, 0.3) is 27.8 Å². The van der Waals surface area contributed by atoms with Crippen LogP contribution in [0.2, 0.25) is 0 Å². The number of thiophene rings is 1. The maximum Gasteiger partial charge on any atom is 0.252 e. The lowest BCUT2D eigenvalue weighted by Crippen LogP contribution is -2.25. The highest BCUT2D eigenvalue weighted by molar-refractivity contribution is 7.15. The Morgan fingerprint density at radius 2 is 1.74 bits per heavy atom. The Kier molecular flexibility index (Phi) is 6.69. The van der Waals surface area contributed by atoms with Gasteiger partial charge in [0.05, 0.1) is 16.9 Å². The molecule has 0 fully saturated rings. The number of carbonyl (C=O) groups is 2. The zero-order valence-electron chi connectivity index (χ0n) is 21.3. The van der Waals surface area contributed by atoms with Crippen molar-refractivity contribution < 1.29 is 9.59 Å². The number of nitrogens with zero attached hydrogens (tertiary/aromatic N) is 3. The summed E-state index contributed by atoms with van der Waals surface area (Å²) in [5.41, 5.74) is 11.5. The van der Waals surface area contributed by atoms with Gasteiger partial charge in [-0.3, -0.25) is 19.0 Å². The molecule has 0 aliphatic rings. The zero-order chi connectivity index (χ0) is 27.0. The normalized spacial score (nSPS) is 11.1. The quantitative estimate of drug-likeness (QED) is 0.312. The number of carbonyl (C=O) groups excluding carboxylic acids is 2. The molecular formula is C29H27N5O3S. The van der Waals surface area contributed by atoms with Gasteiger partial charge in [0.15, 0.2) is 0 Å². The average molecular weight is 526 g/mol. The standard InChI is InChI=1S/C29H27N5O3S/c1-17-9-11-20(12-10-17)22-16-38-28(26(22)27(30)37)31-23(35)13-14-33-24(36)15-18(2)25-19(3)32-34(29(25)33)21-7-5-4-6-8-21/h4-12,15-16H,13-14H2,1-3H3,(H2,30,37)(H,31,35). The van der Waals surface area contributed by atoms with Crippen LogP contribution in [0.5, 0.6) is 0 Å². The second-order valence-corrected chi connectivity index (χ2v) is 10.1. The minimum Gasteiger partial charge on any atom is -0.365 e. The van der Waals surface area contributed by atoms with Gasteiger partial charge in [0, 0.05) is 35.4 Å². The molecule has 38 heavy (non-hydrogen) atoms. The molecule has 0 bridgehead atoms. The number of fused-ring (bicyclic) bond motifs is 1. The first-order chi connectivity index (χ1) is 18.2. The van der Waals surface area contributed by atoms with Crippen molar-refractivity contribution in [2.24, 2.45) is 5.73 Å². The molecular weight excluding hydrogens is 498 g/mol. The van der Waals surface area contributed by atoms with Crippen molar-refractivity contribution >= 4 is 39.2 Å². The molecule has 2 amide bonds. The topological polar surface area (TPSA) is 112 Å². The van der Waals surface area contributed by atoms with Crippen LogP contribution in [-0.4, -0.2) is 26.2 Å². The number of benzene rings is 2. The van der Waals surface area contributed by atoms with Gasteiger partial charge in [-0.05, 0) is 44.0 Å². The molecule has 0 saturated carbocycles. The van der Waals surface area contributed by atoms with Crippen LogP contribution in [0.1, 0.15) is 33.6 Å². The number of primary amides is 1. The molecule has 0 saturated heterocycles. The highest BCUT2D eigenvalue weighted by Crippen LogP contribution is 2.35. The van der Waals surface area contributed by atoms with E-state index in [2.05, 4.69) is 5.32 Å². The van der Waals surface area contributed by atoms with Crippen molar-refractivity contribution in [3.8, 4) is 16.8 Å². The number of nitrogens with one attached hydrogen (secondary N) is 1. The lowest BCUT2D eigenvalue weighted by molar-refractivity contribution is -0.116. The molecule has 3 heterocycles. The number of para-hydroxylation sites is 1. The molecule has 0 spiro atoms. The Morgan fingerprint density at radius 3 is 2.42 bits per heavy atom. The summed E-state index contributed by atoms with van der Waals surface area (Å²) >= 11 is 1.25. The summed E-state index contributed by atoms with van der Waals surface area (Å²) in [6.07, 6.45) is 0.0209. The first-order valence-electron chi connectivity index (χ1n) is 12.2. The summed E-state index contributed by atoms with van der Waals surface area (Å²) in [4.78, 5) is 38.4. The minimum atomic E-state index is -0.615. The maximum atomic E-state index is 13.1. The van der Waals surface area contributed by atoms with Crippen LogP contribution >= 0.6 is 11.3 Å². The fourth-order valence-corrected chi connectivity index (χ4v) is 5.66. The minimum absolute atomic E-state index is 0.0209.